The molecule has 0 radical (unpaired) electrons. The maximum atomic E-state index is 12.8. The van der Waals surface area contributed by atoms with Gasteiger partial charge in [0.1, 0.15) is 18.0 Å². The third kappa shape index (κ3) is 4.79. The first-order chi connectivity index (χ1) is 14.9. The van der Waals surface area contributed by atoms with Crippen molar-refractivity contribution >= 4 is 29.1 Å². The van der Waals surface area contributed by atoms with Gasteiger partial charge in [0, 0.05) is 18.7 Å². The second-order valence-electron chi connectivity index (χ2n) is 7.18. The summed E-state index contributed by atoms with van der Waals surface area (Å²) in [4.78, 5) is 41.1. The summed E-state index contributed by atoms with van der Waals surface area (Å²) < 4.78 is 10.8. The summed E-state index contributed by atoms with van der Waals surface area (Å²) in [7, 11) is 1.52. The highest BCUT2D eigenvalue weighted by atomic mass is 16.5. The number of carbonyl (C=O) groups is 3. The van der Waals surface area contributed by atoms with E-state index < -0.39 is 0 Å². The number of nitrogens with one attached hydrogen (secondary N) is 1. The molecule has 0 unspecified atom stereocenters. The maximum absolute atomic E-state index is 12.8. The van der Waals surface area contributed by atoms with E-state index >= 15 is 0 Å². The van der Waals surface area contributed by atoms with Gasteiger partial charge in [0.25, 0.3) is 11.8 Å². The molecule has 2 aromatic rings. The SMILES string of the molecule is CCN(CC)C(=O)c1ccc2c(c1)N(CC(=O)Nc1cc(C)ccc1OC)C(=O)CO2. The zero-order valence-corrected chi connectivity index (χ0v) is 18.2. The van der Waals surface area contributed by atoms with E-state index in [4.69, 9.17) is 9.47 Å². The van der Waals surface area contributed by atoms with Crippen molar-refractivity contribution in [3.05, 3.63) is 47.5 Å². The number of amides is 3. The lowest BCUT2D eigenvalue weighted by atomic mass is 10.1. The number of nitrogens with zero attached hydrogens (tertiary/aromatic N) is 2. The first-order valence-electron chi connectivity index (χ1n) is 10.2. The van der Waals surface area contributed by atoms with Gasteiger partial charge in [-0.15, -0.1) is 0 Å². The highest BCUT2D eigenvalue weighted by Gasteiger charge is 2.29. The van der Waals surface area contributed by atoms with E-state index in [1.54, 1.807) is 35.2 Å². The van der Waals surface area contributed by atoms with Gasteiger partial charge in [0.05, 0.1) is 18.5 Å². The molecule has 1 aliphatic heterocycles. The van der Waals surface area contributed by atoms with E-state index in [2.05, 4.69) is 5.32 Å². The Morgan fingerprint density at radius 1 is 1.16 bits per heavy atom. The highest BCUT2D eigenvalue weighted by molar-refractivity contribution is 6.06. The van der Waals surface area contributed by atoms with Crippen molar-refractivity contribution in [1.29, 1.82) is 0 Å². The second-order valence-corrected chi connectivity index (χ2v) is 7.18. The van der Waals surface area contributed by atoms with Gasteiger partial charge in [0.15, 0.2) is 6.61 Å². The molecule has 0 saturated heterocycles. The van der Waals surface area contributed by atoms with Gasteiger partial charge in [-0.2, -0.15) is 0 Å². The molecule has 8 nitrogen and oxygen atoms in total. The predicted octanol–water partition coefficient (Wildman–Crippen LogP) is 2.85. The monoisotopic (exact) mass is 425 g/mol. The number of benzene rings is 2. The predicted molar refractivity (Wildman–Crippen MR) is 118 cm³/mol. The van der Waals surface area contributed by atoms with Gasteiger partial charge < -0.3 is 19.7 Å². The average molecular weight is 425 g/mol. The van der Waals surface area contributed by atoms with E-state index in [1.165, 1.54) is 12.0 Å². The molecule has 0 spiro atoms. The number of carbonyl (C=O) groups excluding carboxylic acids is 3. The van der Waals surface area contributed by atoms with Crippen LogP contribution in [0.1, 0.15) is 29.8 Å². The van der Waals surface area contributed by atoms with Crippen LogP contribution in [0, 0.1) is 6.92 Å². The summed E-state index contributed by atoms with van der Waals surface area (Å²) in [5.74, 6) is 0.105. The average Bonchev–Trinajstić information content (AvgIpc) is 2.76. The molecule has 3 rings (SSSR count). The van der Waals surface area contributed by atoms with Crippen molar-refractivity contribution < 1.29 is 23.9 Å². The summed E-state index contributed by atoms with van der Waals surface area (Å²) in [5, 5.41) is 2.80. The van der Waals surface area contributed by atoms with Crippen LogP contribution in [-0.4, -0.2) is 56.0 Å². The molecular formula is C23H27N3O5. The Balaban J connectivity index is 1.85. The Labute approximate surface area is 181 Å². The van der Waals surface area contributed by atoms with Crippen LogP contribution in [0.15, 0.2) is 36.4 Å². The number of rotatable bonds is 7. The normalized spacial score (nSPS) is 12.6. The number of aryl methyl sites for hydroxylation is 1. The Morgan fingerprint density at radius 2 is 1.90 bits per heavy atom. The fraction of sp³-hybridized carbons (Fsp3) is 0.348. The van der Waals surface area contributed by atoms with Crippen LogP contribution in [0.5, 0.6) is 11.5 Å². The topological polar surface area (TPSA) is 88.2 Å². The summed E-state index contributed by atoms with van der Waals surface area (Å²) in [6.07, 6.45) is 0. The molecule has 2 aromatic carbocycles. The molecular weight excluding hydrogens is 398 g/mol. The Kier molecular flexibility index (Phi) is 6.79. The van der Waals surface area contributed by atoms with Crippen molar-refractivity contribution in [3.8, 4) is 11.5 Å². The molecule has 31 heavy (non-hydrogen) atoms. The molecule has 0 saturated carbocycles. The van der Waals surface area contributed by atoms with Gasteiger partial charge >= 0.3 is 0 Å². The highest BCUT2D eigenvalue weighted by Crippen LogP contribution is 2.33. The second kappa shape index (κ2) is 9.51. The largest absolute Gasteiger partial charge is 0.495 e. The Morgan fingerprint density at radius 3 is 2.58 bits per heavy atom. The molecule has 0 atom stereocenters. The van der Waals surface area contributed by atoms with Crippen LogP contribution in [0.3, 0.4) is 0 Å². The summed E-state index contributed by atoms with van der Waals surface area (Å²) >= 11 is 0. The van der Waals surface area contributed by atoms with Crippen molar-refractivity contribution in [3.63, 3.8) is 0 Å². The Hall–Kier alpha value is -3.55. The van der Waals surface area contributed by atoms with E-state index in [1.807, 2.05) is 26.8 Å². The minimum atomic E-state index is -0.384. The number of ether oxygens (including phenoxy) is 2. The molecule has 164 valence electrons. The van der Waals surface area contributed by atoms with Crippen LogP contribution in [0.2, 0.25) is 0 Å². The molecule has 0 aliphatic carbocycles. The van der Waals surface area contributed by atoms with Gasteiger partial charge in [-0.1, -0.05) is 6.07 Å². The molecule has 1 heterocycles. The summed E-state index contributed by atoms with van der Waals surface area (Å²) in [5.41, 5.74) is 2.33. The van der Waals surface area contributed by atoms with E-state index in [0.717, 1.165) is 5.56 Å². The lowest BCUT2D eigenvalue weighted by molar-refractivity contribution is -0.123. The number of anilines is 2. The van der Waals surface area contributed by atoms with Crippen LogP contribution >= 0.6 is 0 Å². The maximum Gasteiger partial charge on any atom is 0.265 e. The zero-order valence-electron chi connectivity index (χ0n) is 18.2. The quantitative estimate of drug-likeness (QED) is 0.737. The van der Waals surface area contributed by atoms with Gasteiger partial charge in [-0.25, -0.2) is 0 Å². The lowest BCUT2D eigenvalue weighted by Crippen LogP contribution is -2.43. The van der Waals surface area contributed by atoms with Gasteiger partial charge in [0.2, 0.25) is 5.91 Å². The number of hydrogen-bond acceptors (Lipinski definition) is 5. The minimum absolute atomic E-state index is 0.139. The van der Waals surface area contributed by atoms with Gasteiger partial charge in [-0.05, 0) is 56.7 Å². The fourth-order valence-electron chi connectivity index (χ4n) is 3.45. The van der Waals surface area contributed by atoms with Crippen molar-refractivity contribution in [1.82, 2.24) is 4.90 Å². The van der Waals surface area contributed by atoms with Crippen LogP contribution in [0.25, 0.3) is 0 Å². The molecule has 0 bridgehead atoms. The smallest absolute Gasteiger partial charge is 0.265 e. The molecule has 1 N–H and O–H groups in total. The number of methoxy groups -OCH3 is 1. The molecule has 8 heteroatoms. The van der Waals surface area contributed by atoms with Crippen molar-refractivity contribution in [2.24, 2.45) is 0 Å². The first-order valence-corrected chi connectivity index (χ1v) is 10.2. The van der Waals surface area contributed by atoms with Crippen LogP contribution < -0.4 is 19.7 Å². The summed E-state index contributed by atoms with van der Waals surface area (Å²) in [6.45, 7) is 6.49. The molecule has 0 aromatic heterocycles. The first kappa shape index (κ1) is 22.1. The number of fused-ring (bicyclic) bond motifs is 1. The molecule has 0 fully saturated rings. The van der Waals surface area contributed by atoms with Crippen molar-refractivity contribution in [2.45, 2.75) is 20.8 Å². The summed E-state index contributed by atoms with van der Waals surface area (Å²) in [6, 6.07) is 10.4. The molecule has 1 aliphatic rings. The third-order valence-electron chi connectivity index (χ3n) is 5.13. The number of hydrogen-bond donors (Lipinski definition) is 1. The zero-order chi connectivity index (χ0) is 22.5. The Bertz CT molecular complexity index is 1000. The fourth-order valence-corrected chi connectivity index (χ4v) is 3.45. The van der Waals surface area contributed by atoms with Gasteiger partial charge in [-0.3, -0.25) is 19.3 Å². The van der Waals surface area contributed by atoms with Crippen molar-refractivity contribution in [2.75, 3.05) is 43.6 Å². The van der Waals surface area contributed by atoms with Crippen LogP contribution in [-0.2, 0) is 9.59 Å². The molecule has 3 amide bonds. The van der Waals surface area contributed by atoms with E-state index in [0.29, 0.717) is 41.5 Å². The van der Waals surface area contributed by atoms with E-state index in [-0.39, 0.29) is 30.9 Å². The van der Waals surface area contributed by atoms with Crippen LogP contribution in [0.4, 0.5) is 11.4 Å². The van der Waals surface area contributed by atoms with E-state index in [9.17, 15) is 14.4 Å². The standard InChI is InChI=1S/C23H27N3O5/c1-5-25(6-2)23(29)16-8-10-20-18(12-16)26(22(28)14-31-20)13-21(27)24-17-11-15(3)7-9-19(17)30-4/h7-12H,5-6,13-14H2,1-4H3,(H,24,27). The lowest BCUT2D eigenvalue weighted by Gasteiger charge is -2.29. The third-order valence-corrected chi connectivity index (χ3v) is 5.13. The minimum Gasteiger partial charge on any atom is -0.495 e.